The van der Waals surface area contributed by atoms with Crippen LogP contribution in [0.1, 0.15) is 22.3 Å². The summed E-state index contributed by atoms with van der Waals surface area (Å²) in [5.74, 6) is -0.595. The average Bonchev–Trinajstić information content (AvgIpc) is 2.29. The van der Waals surface area contributed by atoms with Crippen molar-refractivity contribution in [3.8, 4) is 0 Å². The minimum atomic E-state index is -0.875. The van der Waals surface area contributed by atoms with Gasteiger partial charge in [0.25, 0.3) is 0 Å². The Morgan fingerprint density at radius 1 is 1.41 bits per heavy atom. The van der Waals surface area contributed by atoms with Gasteiger partial charge in [-0.15, -0.1) is 23.4 Å². The number of thioether (sulfide) groups is 1. The van der Waals surface area contributed by atoms with Gasteiger partial charge in [0.15, 0.2) is 5.78 Å². The summed E-state index contributed by atoms with van der Waals surface area (Å²) < 4.78 is 0. The van der Waals surface area contributed by atoms with Gasteiger partial charge < -0.3 is 5.11 Å². The Bertz CT molecular complexity index is 432. The van der Waals surface area contributed by atoms with Crippen molar-refractivity contribution in [2.75, 3.05) is 12.1 Å². The van der Waals surface area contributed by atoms with Gasteiger partial charge in [-0.1, -0.05) is 12.1 Å². The Kier molecular flexibility index (Phi) is 5.51. The van der Waals surface area contributed by atoms with E-state index in [1.807, 2.05) is 6.26 Å². The summed E-state index contributed by atoms with van der Waals surface area (Å²) in [7, 11) is 0. The van der Waals surface area contributed by atoms with Crippen LogP contribution < -0.4 is 0 Å². The lowest BCUT2D eigenvalue weighted by molar-refractivity contribution is -0.136. The zero-order valence-corrected chi connectivity index (χ0v) is 11.0. The largest absolute Gasteiger partial charge is 0.481 e. The van der Waals surface area contributed by atoms with Gasteiger partial charge in [-0.25, -0.2) is 0 Å². The molecule has 0 saturated heterocycles. The number of carbonyl (C=O) groups excluding carboxylic acids is 1. The Hall–Kier alpha value is -1.00. The first-order valence-corrected chi connectivity index (χ1v) is 6.82. The summed E-state index contributed by atoms with van der Waals surface area (Å²) in [5.41, 5.74) is 1.32. The summed E-state index contributed by atoms with van der Waals surface area (Å²) in [6, 6.07) is 5.09. The van der Waals surface area contributed by atoms with Crippen LogP contribution in [0.2, 0.25) is 0 Å². The molecule has 0 aliphatic rings. The summed E-state index contributed by atoms with van der Waals surface area (Å²) in [6.45, 7) is 0. The molecule has 0 amide bonds. The second-order valence-electron chi connectivity index (χ2n) is 3.46. The van der Waals surface area contributed by atoms with Crippen LogP contribution in [0.5, 0.6) is 0 Å². The van der Waals surface area contributed by atoms with Crippen molar-refractivity contribution < 1.29 is 14.7 Å². The zero-order chi connectivity index (χ0) is 12.8. The fourth-order valence-corrected chi connectivity index (χ4v) is 2.28. The average molecular weight is 273 g/mol. The number of carboxylic acids is 1. The molecule has 0 bridgehead atoms. The first-order chi connectivity index (χ1) is 8.08. The van der Waals surface area contributed by atoms with E-state index in [1.165, 1.54) is 11.8 Å². The molecule has 0 heterocycles. The standard InChI is InChI=1S/C12H13ClO3S/c1-17-11-6-8(10(14)4-5-13)2-3-9(11)7-12(15)16/h2-3,6H,4-5,7H2,1H3,(H,15,16). The number of aliphatic carboxylic acids is 1. The molecule has 0 spiro atoms. The lowest BCUT2D eigenvalue weighted by Gasteiger charge is -2.07. The molecule has 0 saturated carbocycles. The van der Waals surface area contributed by atoms with Crippen LogP contribution in [0.3, 0.4) is 0 Å². The van der Waals surface area contributed by atoms with Crippen molar-refractivity contribution in [1.82, 2.24) is 0 Å². The van der Waals surface area contributed by atoms with Crippen molar-refractivity contribution in [1.29, 1.82) is 0 Å². The Morgan fingerprint density at radius 2 is 2.12 bits per heavy atom. The number of hydrogen-bond acceptors (Lipinski definition) is 3. The van der Waals surface area contributed by atoms with E-state index >= 15 is 0 Å². The molecule has 0 aromatic heterocycles. The third kappa shape index (κ3) is 4.06. The minimum Gasteiger partial charge on any atom is -0.481 e. The van der Waals surface area contributed by atoms with Gasteiger partial charge in [-0.05, 0) is 17.9 Å². The Labute approximate surface area is 109 Å². The lowest BCUT2D eigenvalue weighted by atomic mass is 10.0. The maximum absolute atomic E-state index is 11.6. The number of hydrogen-bond donors (Lipinski definition) is 1. The normalized spacial score (nSPS) is 10.2. The molecule has 17 heavy (non-hydrogen) atoms. The number of carboxylic acid groups (broad SMARTS) is 1. The van der Waals surface area contributed by atoms with Crippen LogP contribution in [0, 0.1) is 0 Å². The maximum Gasteiger partial charge on any atom is 0.307 e. The van der Waals surface area contributed by atoms with Crippen molar-refractivity contribution >= 4 is 35.1 Å². The molecule has 0 radical (unpaired) electrons. The number of benzene rings is 1. The second-order valence-corrected chi connectivity index (χ2v) is 4.69. The van der Waals surface area contributed by atoms with E-state index in [1.54, 1.807) is 18.2 Å². The number of Topliss-reactive ketones (excluding diaryl/α,β-unsaturated/α-hetero) is 1. The number of ketones is 1. The highest BCUT2D eigenvalue weighted by Gasteiger charge is 2.11. The molecule has 0 fully saturated rings. The summed E-state index contributed by atoms with van der Waals surface area (Å²) >= 11 is 6.95. The molecule has 1 aromatic rings. The molecule has 0 aliphatic carbocycles. The van der Waals surface area contributed by atoms with Gasteiger partial charge in [-0.2, -0.15) is 0 Å². The van der Waals surface area contributed by atoms with Crippen LogP contribution >= 0.6 is 23.4 Å². The minimum absolute atomic E-state index is 0.0165. The van der Waals surface area contributed by atoms with Crippen LogP contribution in [0.15, 0.2) is 23.1 Å². The van der Waals surface area contributed by atoms with Crippen LogP contribution in [0.4, 0.5) is 0 Å². The summed E-state index contributed by atoms with van der Waals surface area (Å²) in [6.07, 6.45) is 2.13. The third-order valence-electron chi connectivity index (χ3n) is 2.27. The van der Waals surface area contributed by atoms with E-state index in [2.05, 4.69) is 0 Å². The van der Waals surface area contributed by atoms with E-state index in [0.29, 0.717) is 17.9 Å². The highest BCUT2D eigenvalue weighted by atomic mass is 35.5. The molecule has 92 valence electrons. The number of alkyl halides is 1. The summed E-state index contributed by atoms with van der Waals surface area (Å²) in [4.78, 5) is 23.1. The molecule has 1 rings (SSSR count). The Balaban J connectivity index is 2.99. The summed E-state index contributed by atoms with van der Waals surface area (Å²) in [5, 5.41) is 8.76. The van der Waals surface area contributed by atoms with Crippen molar-refractivity contribution in [3.05, 3.63) is 29.3 Å². The fourth-order valence-electron chi connectivity index (χ4n) is 1.46. The van der Waals surface area contributed by atoms with Crippen LogP contribution in [-0.2, 0) is 11.2 Å². The van der Waals surface area contributed by atoms with Gasteiger partial charge in [0.2, 0.25) is 0 Å². The van der Waals surface area contributed by atoms with Crippen LogP contribution in [0.25, 0.3) is 0 Å². The highest BCUT2D eigenvalue weighted by molar-refractivity contribution is 7.98. The lowest BCUT2D eigenvalue weighted by Crippen LogP contribution is -2.04. The first-order valence-electron chi connectivity index (χ1n) is 5.06. The molecular formula is C12H13ClO3S. The van der Waals surface area contributed by atoms with E-state index in [-0.39, 0.29) is 12.2 Å². The Morgan fingerprint density at radius 3 is 2.65 bits per heavy atom. The zero-order valence-electron chi connectivity index (χ0n) is 9.40. The molecule has 1 N–H and O–H groups in total. The van der Waals surface area contributed by atoms with E-state index in [4.69, 9.17) is 16.7 Å². The number of halogens is 1. The fraction of sp³-hybridized carbons (Fsp3) is 0.333. The van der Waals surface area contributed by atoms with Gasteiger partial charge in [0.05, 0.1) is 6.42 Å². The molecule has 0 aliphatic heterocycles. The van der Waals surface area contributed by atoms with E-state index in [9.17, 15) is 9.59 Å². The first kappa shape index (κ1) is 14.1. The van der Waals surface area contributed by atoms with Gasteiger partial charge >= 0.3 is 5.97 Å². The smallest absolute Gasteiger partial charge is 0.307 e. The third-order valence-corrected chi connectivity index (χ3v) is 3.28. The number of carbonyl (C=O) groups is 2. The van der Waals surface area contributed by atoms with Crippen LogP contribution in [-0.4, -0.2) is 29.0 Å². The topological polar surface area (TPSA) is 54.4 Å². The molecule has 1 aromatic carbocycles. The predicted molar refractivity (Wildman–Crippen MR) is 69.2 cm³/mol. The molecule has 5 heteroatoms. The highest BCUT2D eigenvalue weighted by Crippen LogP contribution is 2.23. The van der Waals surface area contributed by atoms with Gasteiger partial charge in [0.1, 0.15) is 0 Å². The quantitative estimate of drug-likeness (QED) is 0.491. The predicted octanol–water partition coefficient (Wildman–Crippen LogP) is 2.85. The maximum atomic E-state index is 11.6. The molecule has 3 nitrogen and oxygen atoms in total. The van der Waals surface area contributed by atoms with Crippen molar-refractivity contribution in [2.24, 2.45) is 0 Å². The van der Waals surface area contributed by atoms with Gasteiger partial charge in [0, 0.05) is 22.8 Å². The van der Waals surface area contributed by atoms with Crippen molar-refractivity contribution in [3.63, 3.8) is 0 Å². The molecule has 0 unspecified atom stereocenters. The second kappa shape index (κ2) is 6.67. The molecular weight excluding hydrogens is 260 g/mol. The molecule has 0 atom stereocenters. The van der Waals surface area contributed by atoms with Gasteiger partial charge in [-0.3, -0.25) is 9.59 Å². The van der Waals surface area contributed by atoms with E-state index < -0.39 is 5.97 Å². The van der Waals surface area contributed by atoms with Crippen molar-refractivity contribution in [2.45, 2.75) is 17.7 Å². The number of rotatable bonds is 6. The van der Waals surface area contributed by atoms with E-state index in [0.717, 1.165) is 10.5 Å². The SMILES string of the molecule is CSc1cc(C(=O)CCCl)ccc1CC(=O)O. The monoisotopic (exact) mass is 272 g/mol.